The molecule has 1 aliphatic heterocycles. The SMILES string of the molecule is CN=C(NCC1(C(=O)N(C)C)CCCC1)N1CCCC(C)C1.I. The average molecular weight is 436 g/mol. The van der Waals surface area contributed by atoms with Crippen molar-refractivity contribution in [1.82, 2.24) is 15.1 Å². The minimum atomic E-state index is -0.235. The van der Waals surface area contributed by atoms with Crippen LogP contribution >= 0.6 is 24.0 Å². The van der Waals surface area contributed by atoms with E-state index in [1.165, 1.54) is 12.8 Å². The van der Waals surface area contributed by atoms with Crippen molar-refractivity contribution < 1.29 is 4.79 Å². The molecule has 2 aliphatic rings. The van der Waals surface area contributed by atoms with Crippen molar-refractivity contribution in [2.24, 2.45) is 16.3 Å². The van der Waals surface area contributed by atoms with Crippen molar-refractivity contribution in [3.05, 3.63) is 0 Å². The number of nitrogens with zero attached hydrogens (tertiary/aromatic N) is 3. The highest BCUT2D eigenvalue weighted by molar-refractivity contribution is 14.0. The lowest BCUT2D eigenvalue weighted by atomic mass is 9.84. The number of likely N-dealkylation sites (tertiary alicyclic amines) is 1. The smallest absolute Gasteiger partial charge is 0.230 e. The molecule has 1 aliphatic carbocycles. The van der Waals surface area contributed by atoms with Crippen molar-refractivity contribution in [2.45, 2.75) is 45.4 Å². The first-order valence-electron chi connectivity index (χ1n) is 8.66. The summed E-state index contributed by atoms with van der Waals surface area (Å²) in [5.41, 5.74) is -0.235. The summed E-state index contributed by atoms with van der Waals surface area (Å²) in [6.07, 6.45) is 6.82. The Morgan fingerprint density at radius 1 is 1.30 bits per heavy atom. The van der Waals surface area contributed by atoms with E-state index in [1.54, 1.807) is 4.90 Å². The molecule has 1 unspecified atom stereocenters. The maximum atomic E-state index is 12.6. The van der Waals surface area contributed by atoms with Crippen molar-refractivity contribution in [3.8, 4) is 0 Å². The zero-order valence-corrected chi connectivity index (χ0v) is 17.4. The fourth-order valence-corrected chi connectivity index (χ4v) is 3.95. The third-order valence-corrected chi connectivity index (χ3v) is 5.17. The monoisotopic (exact) mass is 436 g/mol. The van der Waals surface area contributed by atoms with Crippen molar-refractivity contribution in [2.75, 3.05) is 40.8 Å². The predicted molar refractivity (Wildman–Crippen MR) is 106 cm³/mol. The van der Waals surface area contributed by atoms with E-state index in [0.29, 0.717) is 6.54 Å². The Hall–Kier alpha value is -0.530. The number of nitrogens with one attached hydrogen (secondary N) is 1. The van der Waals surface area contributed by atoms with Crippen LogP contribution in [0.15, 0.2) is 4.99 Å². The lowest BCUT2D eigenvalue weighted by Gasteiger charge is -2.36. The maximum Gasteiger partial charge on any atom is 0.230 e. The van der Waals surface area contributed by atoms with Crippen molar-refractivity contribution in [3.63, 3.8) is 0 Å². The standard InChI is InChI=1S/C17H32N4O.HI/c1-14-8-7-11-21(12-14)16(18-2)19-13-17(9-5-6-10-17)15(22)20(3)4;/h14H,5-13H2,1-4H3,(H,18,19);1H. The molecule has 1 amide bonds. The van der Waals surface area contributed by atoms with Crippen LogP contribution in [0.5, 0.6) is 0 Å². The van der Waals surface area contributed by atoms with Gasteiger partial charge in [0, 0.05) is 40.8 Å². The van der Waals surface area contributed by atoms with Crippen LogP contribution < -0.4 is 5.32 Å². The first-order chi connectivity index (χ1) is 10.5. The largest absolute Gasteiger partial charge is 0.355 e. The van der Waals surface area contributed by atoms with Crippen LogP contribution in [0.25, 0.3) is 0 Å². The van der Waals surface area contributed by atoms with Crippen LogP contribution in [0.3, 0.4) is 0 Å². The second kappa shape index (κ2) is 9.08. The van der Waals surface area contributed by atoms with Gasteiger partial charge >= 0.3 is 0 Å². The molecular weight excluding hydrogens is 403 g/mol. The molecule has 0 spiro atoms. The molecule has 134 valence electrons. The van der Waals surface area contributed by atoms with Crippen LogP contribution in [-0.2, 0) is 4.79 Å². The summed E-state index contributed by atoms with van der Waals surface area (Å²) >= 11 is 0. The molecule has 0 bridgehead atoms. The number of hydrogen-bond acceptors (Lipinski definition) is 2. The first kappa shape index (κ1) is 20.5. The highest BCUT2D eigenvalue weighted by atomic mass is 127. The number of amides is 1. The number of carbonyl (C=O) groups is 1. The number of hydrogen-bond donors (Lipinski definition) is 1. The Labute approximate surface area is 158 Å². The molecule has 6 heteroatoms. The number of halogens is 1. The van der Waals surface area contributed by atoms with E-state index in [1.807, 2.05) is 21.1 Å². The van der Waals surface area contributed by atoms with Crippen LogP contribution in [0.1, 0.15) is 45.4 Å². The van der Waals surface area contributed by atoms with E-state index in [4.69, 9.17) is 0 Å². The van der Waals surface area contributed by atoms with E-state index >= 15 is 0 Å². The van der Waals surface area contributed by atoms with Gasteiger partial charge in [-0.25, -0.2) is 0 Å². The summed E-state index contributed by atoms with van der Waals surface area (Å²) < 4.78 is 0. The Morgan fingerprint density at radius 2 is 1.96 bits per heavy atom. The highest BCUT2D eigenvalue weighted by Gasteiger charge is 2.42. The summed E-state index contributed by atoms with van der Waals surface area (Å²) in [4.78, 5) is 21.2. The van der Waals surface area contributed by atoms with Gasteiger partial charge in [-0.2, -0.15) is 0 Å². The lowest BCUT2D eigenvalue weighted by Crippen LogP contribution is -2.51. The number of carbonyl (C=O) groups excluding carboxylic acids is 1. The molecule has 0 aromatic rings. The molecule has 2 fully saturated rings. The number of aliphatic imine (C=N–C) groups is 1. The quantitative estimate of drug-likeness (QED) is 0.420. The normalized spacial score (nSPS) is 24.1. The summed E-state index contributed by atoms with van der Waals surface area (Å²) in [5, 5.41) is 3.51. The molecule has 2 rings (SSSR count). The number of piperidine rings is 1. The van der Waals surface area contributed by atoms with Gasteiger partial charge in [0.15, 0.2) is 5.96 Å². The predicted octanol–water partition coefficient (Wildman–Crippen LogP) is 2.56. The molecule has 0 aromatic heterocycles. The minimum absolute atomic E-state index is 0. The van der Waals surface area contributed by atoms with E-state index in [-0.39, 0.29) is 35.3 Å². The molecule has 1 atom stereocenters. The summed E-state index contributed by atoms with van der Waals surface area (Å²) in [6, 6.07) is 0. The van der Waals surface area contributed by atoms with Gasteiger partial charge in [0.25, 0.3) is 0 Å². The molecule has 23 heavy (non-hydrogen) atoms. The van der Waals surface area contributed by atoms with Gasteiger partial charge in [0.2, 0.25) is 5.91 Å². The van der Waals surface area contributed by atoms with Crippen LogP contribution in [-0.4, -0.2) is 62.4 Å². The molecule has 0 radical (unpaired) electrons. The van der Waals surface area contributed by atoms with Gasteiger partial charge in [0.05, 0.1) is 5.41 Å². The summed E-state index contributed by atoms with van der Waals surface area (Å²) in [5.74, 6) is 1.94. The zero-order valence-electron chi connectivity index (χ0n) is 15.1. The second-order valence-electron chi connectivity index (χ2n) is 7.28. The van der Waals surface area contributed by atoms with E-state index in [2.05, 4.69) is 22.1 Å². The molecule has 1 saturated carbocycles. The van der Waals surface area contributed by atoms with Gasteiger partial charge in [-0.05, 0) is 31.6 Å². The zero-order chi connectivity index (χ0) is 16.2. The van der Waals surface area contributed by atoms with Crippen LogP contribution in [0.4, 0.5) is 0 Å². The Morgan fingerprint density at radius 3 is 2.48 bits per heavy atom. The summed E-state index contributed by atoms with van der Waals surface area (Å²) in [6.45, 7) is 5.14. The fourth-order valence-electron chi connectivity index (χ4n) is 3.95. The molecule has 0 aromatic carbocycles. The molecule has 1 saturated heterocycles. The molecule has 5 nitrogen and oxygen atoms in total. The Balaban J connectivity index is 0.00000264. The molecular formula is C17H33IN4O. The van der Waals surface area contributed by atoms with E-state index < -0.39 is 0 Å². The van der Waals surface area contributed by atoms with Crippen LogP contribution in [0.2, 0.25) is 0 Å². The molecule has 1 N–H and O–H groups in total. The minimum Gasteiger partial charge on any atom is -0.355 e. The lowest BCUT2D eigenvalue weighted by molar-refractivity contribution is -0.138. The van der Waals surface area contributed by atoms with Gasteiger partial charge in [0.1, 0.15) is 0 Å². The van der Waals surface area contributed by atoms with Crippen LogP contribution in [0, 0.1) is 11.3 Å². The summed E-state index contributed by atoms with van der Waals surface area (Å²) in [7, 11) is 5.57. The Kier molecular flexibility index (Phi) is 8.10. The highest BCUT2D eigenvalue weighted by Crippen LogP contribution is 2.39. The maximum absolute atomic E-state index is 12.6. The third-order valence-electron chi connectivity index (χ3n) is 5.17. The van der Waals surface area contributed by atoms with E-state index in [9.17, 15) is 4.79 Å². The van der Waals surface area contributed by atoms with Gasteiger partial charge in [-0.1, -0.05) is 19.8 Å². The van der Waals surface area contributed by atoms with Gasteiger partial charge in [-0.15, -0.1) is 24.0 Å². The number of guanidine groups is 1. The third kappa shape index (κ3) is 4.97. The Bertz CT molecular complexity index is 419. The molecule has 1 heterocycles. The van der Waals surface area contributed by atoms with E-state index in [0.717, 1.165) is 50.7 Å². The average Bonchev–Trinajstić information content (AvgIpc) is 2.97. The van der Waals surface area contributed by atoms with Gasteiger partial charge in [-0.3, -0.25) is 9.79 Å². The number of rotatable bonds is 3. The van der Waals surface area contributed by atoms with Crippen molar-refractivity contribution >= 4 is 35.8 Å². The van der Waals surface area contributed by atoms with Gasteiger partial charge < -0.3 is 15.1 Å². The fraction of sp³-hybridized carbons (Fsp3) is 0.882. The first-order valence-corrected chi connectivity index (χ1v) is 8.66. The topological polar surface area (TPSA) is 47.9 Å². The van der Waals surface area contributed by atoms with Crippen molar-refractivity contribution in [1.29, 1.82) is 0 Å². The second-order valence-corrected chi connectivity index (χ2v) is 7.28.